The molecule has 2 aromatic carbocycles. The molecule has 0 bridgehead atoms. The van der Waals surface area contributed by atoms with Gasteiger partial charge in [-0.1, -0.05) is 64.1 Å². The number of carbonyl (C=O) groups excluding carboxylic acids is 2. The summed E-state index contributed by atoms with van der Waals surface area (Å²) in [6, 6.07) is 14.1. The van der Waals surface area contributed by atoms with Crippen LogP contribution >= 0.6 is 0 Å². The lowest BCUT2D eigenvalue weighted by Crippen LogP contribution is -2.53. The summed E-state index contributed by atoms with van der Waals surface area (Å²) >= 11 is 0. The lowest BCUT2D eigenvalue weighted by molar-refractivity contribution is -0.140. The Morgan fingerprint density at radius 1 is 1.00 bits per heavy atom. The number of rotatable bonds is 10. The highest BCUT2D eigenvalue weighted by Gasteiger charge is 2.32. The number of aryl methyl sites for hydroxylation is 1. The Labute approximate surface area is 216 Å². The molecule has 0 heterocycles. The van der Waals surface area contributed by atoms with E-state index in [1.165, 1.54) is 4.90 Å². The minimum atomic E-state index is -3.76. The van der Waals surface area contributed by atoms with Crippen molar-refractivity contribution in [3.05, 3.63) is 65.2 Å². The molecule has 0 aliphatic heterocycles. The van der Waals surface area contributed by atoms with Gasteiger partial charge in [0.1, 0.15) is 12.6 Å². The van der Waals surface area contributed by atoms with Crippen LogP contribution in [-0.4, -0.2) is 50.0 Å². The van der Waals surface area contributed by atoms with Crippen molar-refractivity contribution in [2.24, 2.45) is 0 Å². The molecule has 1 N–H and O–H groups in total. The lowest BCUT2D eigenvalue weighted by Gasteiger charge is -2.33. The van der Waals surface area contributed by atoms with E-state index in [1.807, 2.05) is 64.1 Å². The number of nitrogens with one attached hydrogen (secondary N) is 1. The van der Waals surface area contributed by atoms with E-state index in [9.17, 15) is 18.0 Å². The summed E-state index contributed by atoms with van der Waals surface area (Å²) in [6.45, 7) is 13.6. The Balaban J connectivity index is 2.46. The summed E-state index contributed by atoms with van der Waals surface area (Å²) < 4.78 is 26.7. The van der Waals surface area contributed by atoms with Gasteiger partial charge in [-0.3, -0.25) is 13.9 Å². The molecule has 7 nitrogen and oxygen atoms in total. The molecule has 8 heteroatoms. The summed E-state index contributed by atoms with van der Waals surface area (Å²) in [7, 11) is -3.76. The van der Waals surface area contributed by atoms with Gasteiger partial charge in [-0.05, 0) is 61.4 Å². The first-order chi connectivity index (χ1) is 16.6. The van der Waals surface area contributed by atoms with Gasteiger partial charge >= 0.3 is 0 Å². The fraction of sp³-hybridized carbons (Fsp3) is 0.500. The highest BCUT2D eigenvalue weighted by Crippen LogP contribution is 2.26. The molecular weight excluding hydrogens is 474 g/mol. The molecule has 0 aliphatic rings. The van der Waals surface area contributed by atoms with Crippen LogP contribution in [0.25, 0.3) is 0 Å². The van der Waals surface area contributed by atoms with E-state index in [4.69, 9.17) is 0 Å². The third kappa shape index (κ3) is 7.82. The zero-order valence-electron chi connectivity index (χ0n) is 22.8. The third-order valence-electron chi connectivity index (χ3n) is 6.12. The standard InChI is InChI=1S/C28H41N3O4S/c1-9-25(27(33)29-20(2)3)30(18-22-13-11-10-12-21(22)4)26(32)19-31(36(8,34)35)24-16-14-23(15-17-24)28(5,6)7/h10-17,20,25H,9,18-19H2,1-8H3,(H,29,33). The summed E-state index contributed by atoms with van der Waals surface area (Å²) in [5.41, 5.74) is 3.28. The van der Waals surface area contributed by atoms with E-state index in [-0.39, 0.29) is 23.9 Å². The fourth-order valence-corrected chi connectivity index (χ4v) is 4.86. The Bertz CT molecular complexity index is 1150. The zero-order chi connectivity index (χ0) is 27.3. The highest BCUT2D eigenvalue weighted by molar-refractivity contribution is 7.92. The number of hydrogen-bond acceptors (Lipinski definition) is 4. The summed E-state index contributed by atoms with van der Waals surface area (Å²) in [6.07, 6.45) is 1.49. The van der Waals surface area contributed by atoms with Crippen LogP contribution in [0.2, 0.25) is 0 Å². The Morgan fingerprint density at radius 3 is 2.06 bits per heavy atom. The van der Waals surface area contributed by atoms with Gasteiger partial charge in [-0.15, -0.1) is 0 Å². The number of anilines is 1. The van der Waals surface area contributed by atoms with Gasteiger partial charge in [0.15, 0.2) is 0 Å². The maximum atomic E-state index is 13.7. The van der Waals surface area contributed by atoms with Gasteiger partial charge in [-0.2, -0.15) is 0 Å². The predicted molar refractivity (Wildman–Crippen MR) is 146 cm³/mol. The first-order valence-electron chi connectivity index (χ1n) is 12.4. The molecule has 2 amide bonds. The average Bonchev–Trinajstić information content (AvgIpc) is 2.76. The normalized spacial score (nSPS) is 12.8. The van der Waals surface area contributed by atoms with Crippen molar-refractivity contribution >= 4 is 27.5 Å². The molecule has 0 saturated heterocycles. The van der Waals surface area contributed by atoms with Crippen molar-refractivity contribution in [3.63, 3.8) is 0 Å². The molecule has 0 spiro atoms. The minimum absolute atomic E-state index is 0.0872. The first-order valence-corrected chi connectivity index (χ1v) is 14.2. The van der Waals surface area contributed by atoms with Crippen molar-refractivity contribution in [1.82, 2.24) is 10.2 Å². The van der Waals surface area contributed by atoms with Crippen LogP contribution in [0.3, 0.4) is 0 Å². The SMILES string of the molecule is CCC(C(=O)NC(C)C)N(Cc1ccccc1C)C(=O)CN(c1ccc(C(C)(C)C)cc1)S(C)(=O)=O. The Hall–Kier alpha value is -2.87. The number of sulfonamides is 1. The summed E-state index contributed by atoms with van der Waals surface area (Å²) in [4.78, 5) is 28.3. The molecule has 0 aromatic heterocycles. The minimum Gasteiger partial charge on any atom is -0.352 e. The van der Waals surface area contributed by atoms with Crippen LogP contribution in [-0.2, 0) is 31.6 Å². The molecule has 0 saturated carbocycles. The second kappa shape index (κ2) is 11.9. The van der Waals surface area contributed by atoms with Crippen LogP contribution in [0.4, 0.5) is 5.69 Å². The summed E-state index contributed by atoms with van der Waals surface area (Å²) in [5, 5.41) is 2.90. The van der Waals surface area contributed by atoms with E-state index in [0.717, 1.165) is 27.3 Å². The lowest BCUT2D eigenvalue weighted by atomic mass is 9.87. The molecule has 1 atom stereocenters. The van der Waals surface area contributed by atoms with Gasteiger partial charge in [0.05, 0.1) is 11.9 Å². The van der Waals surface area contributed by atoms with Gasteiger partial charge < -0.3 is 10.2 Å². The van der Waals surface area contributed by atoms with Crippen molar-refractivity contribution in [1.29, 1.82) is 0 Å². The van der Waals surface area contributed by atoms with Crippen LogP contribution in [0.5, 0.6) is 0 Å². The predicted octanol–water partition coefficient (Wildman–Crippen LogP) is 4.39. The van der Waals surface area contributed by atoms with Crippen molar-refractivity contribution < 1.29 is 18.0 Å². The molecule has 2 aromatic rings. The number of nitrogens with zero attached hydrogens (tertiary/aromatic N) is 2. The number of benzene rings is 2. The molecule has 0 fully saturated rings. The highest BCUT2D eigenvalue weighted by atomic mass is 32.2. The van der Waals surface area contributed by atoms with E-state index in [1.54, 1.807) is 12.1 Å². The molecule has 1 unspecified atom stereocenters. The van der Waals surface area contributed by atoms with E-state index < -0.39 is 28.5 Å². The van der Waals surface area contributed by atoms with E-state index in [2.05, 4.69) is 26.1 Å². The second-order valence-corrected chi connectivity index (χ2v) is 12.5. The van der Waals surface area contributed by atoms with E-state index in [0.29, 0.717) is 12.1 Å². The van der Waals surface area contributed by atoms with Gasteiger partial charge in [-0.25, -0.2) is 8.42 Å². The van der Waals surface area contributed by atoms with Gasteiger partial charge in [0, 0.05) is 12.6 Å². The summed E-state index contributed by atoms with van der Waals surface area (Å²) in [5.74, 6) is -0.691. The smallest absolute Gasteiger partial charge is 0.244 e. The van der Waals surface area contributed by atoms with Crippen LogP contribution < -0.4 is 9.62 Å². The largest absolute Gasteiger partial charge is 0.352 e. The Kier molecular flexibility index (Phi) is 9.71. The molecular formula is C28H41N3O4S. The van der Waals surface area contributed by atoms with E-state index >= 15 is 0 Å². The maximum absolute atomic E-state index is 13.7. The monoisotopic (exact) mass is 515 g/mol. The zero-order valence-corrected chi connectivity index (χ0v) is 23.6. The topological polar surface area (TPSA) is 86.8 Å². The van der Waals surface area contributed by atoms with Crippen molar-refractivity contribution in [2.45, 2.75) is 78.9 Å². The van der Waals surface area contributed by atoms with Crippen molar-refractivity contribution in [2.75, 3.05) is 17.1 Å². The maximum Gasteiger partial charge on any atom is 0.244 e. The Morgan fingerprint density at radius 2 is 1.58 bits per heavy atom. The number of hydrogen-bond donors (Lipinski definition) is 1. The van der Waals surface area contributed by atoms with Crippen LogP contribution in [0, 0.1) is 6.92 Å². The second-order valence-electron chi connectivity index (χ2n) is 10.6. The number of amides is 2. The molecule has 36 heavy (non-hydrogen) atoms. The molecule has 0 radical (unpaired) electrons. The fourth-order valence-electron chi connectivity index (χ4n) is 4.01. The number of carbonyl (C=O) groups is 2. The van der Waals surface area contributed by atoms with Crippen LogP contribution in [0.1, 0.15) is 64.7 Å². The molecule has 0 aliphatic carbocycles. The van der Waals surface area contributed by atoms with Crippen molar-refractivity contribution in [3.8, 4) is 0 Å². The quantitative estimate of drug-likeness (QED) is 0.508. The third-order valence-corrected chi connectivity index (χ3v) is 7.26. The van der Waals surface area contributed by atoms with Gasteiger partial charge in [0.2, 0.25) is 21.8 Å². The van der Waals surface area contributed by atoms with Gasteiger partial charge in [0.25, 0.3) is 0 Å². The molecule has 2 rings (SSSR count). The first kappa shape index (κ1) is 29.4. The molecule has 198 valence electrons. The average molecular weight is 516 g/mol. The van der Waals surface area contributed by atoms with Crippen LogP contribution in [0.15, 0.2) is 48.5 Å².